The van der Waals surface area contributed by atoms with Crippen molar-refractivity contribution in [2.75, 3.05) is 6.54 Å². The molecule has 1 rings (SSSR count). The van der Waals surface area contributed by atoms with Crippen LogP contribution in [-0.4, -0.2) is 50.3 Å². The number of carboxylic acids is 1. The highest BCUT2D eigenvalue weighted by molar-refractivity contribution is 5.94. The van der Waals surface area contributed by atoms with Crippen LogP contribution < -0.4 is 11.1 Å². The number of aliphatic hydroxyl groups excluding tert-OH is 1. The van der Waals surface area contributed by atoms with Crippen molar-refractivity contribution in [3.05, 3.63) is 18.2 Å². The van der Waals surface area contributed by atoms with Crippen LogP contribution in [-0.2, 0) is 11.3 Å². The number of nitrogens with one attached hydrogen (secondary N) is 1. The summed E-state index contributed by atoms with van der Waals surface area (Å²) >= 11 is 0. The number of carbonyl (C=O) groups excluding carboxylic acids is 1. The lowest BCUT2D eigenvalue weighted by atomic mass is 10.2. The van der Waals surface area contributed by atoms with Crippen LogP contribution in [0.25, 0.3) is 0 Å². The van der Waals surface area contributed by atoms with E-state index >= 15 is 0 Å². The molecule has 1 aromatic heterocycles. The van der Waals surface area contributed by atoms with Crippen molar-refractivity contribution in [3.63, 3.8) is 0 Å². The zero-order valence-electron chi connectivity index (χ0n) is 9.91. The Kier molecular flexibility index (Phi) is 4.81. The average Bonchev–Trinajstić information content (AvgIpc) is 2.73. The topological polar surface area (TPSA) is 130 Å². The van der Waals surface area contributed by atoms with Crippen molar-refractivity contribution in [1.29, 1.82) is 0 Å². The number of aliphatic carboxylic acids is 1. The first-order chi connectivity index (χ1) is 8.45. The predicted molar refractivity (Wildman–Crippen MR) is 61.9 cm³/mol. The summed E-state index contributed by atoms with van der Waals surface area (Å²) in [5.41, 5.74) is 5.43. The number of aromatic nitrogens is 2. The molecule has 0 spiro atoms. The molecule has 1 aromatic rings. The number of amides is 1. The Balaban J connectivity index is 2.71. The summed E-state index contributed by atoms with van der Waals surface area (Å²) in [6.45, 7) is 2.20. The van der Waals surface area contributed by atoms with Gasteiger partial charge in [0.1, 0.15) is 5.69 Å². The lowest BCUT2D eigenvalue weighted by Crippen LogP contribution is -2.47. The van der Waals surface area contributed by atoms with Crippen molar-refractivity contribution in [2.45, 2.75) is 25.6 Å². The van der Waals surface area contributed by atoms with E-state index in [-0.39, 0.29) is 5.69 Å². The number of rotatable bonds is 6. The minimum atomic E-state index is -1.36. The van der Waals surface area contributed by atoms with Gasteiger partial charge in [-0.15, -0.1) is 0 Å². The van der Waals surface area contributed by atoms with Gasteiger partial charge in [0.2, 0.25) is 0 Å². The summed E-state index contributed by atoms with van der Waals surface area (Å²) in [5, 5.41) is 20.2. The normalized spacial score (nSPS) is 13.9. The van der Waals surface area contributed by atoms with Crippen LogP contribution in [0.3, 0.4) is 0 Å². The molecule has 0 fully saturated rings. The number of imidazole rings is 1. The van der Waals surface area contributed by atoms with E-state index in [9.17, 15) is 14.7 Å². The fraction of sp³-hybridized carbons (Fsp3) is 0.500. The predicted octanol–water partition coefficient (Wildman–Crippen LogP) is -1.59. The largest absolute Gasteiger partial charge is 0.480 e. The van der Waals surface area contributed by atoms with Gasteiger partial charge in [0.15, 0.2) is 6.04 Å². The highest BCUT2D eigenvalue weighted by Gasteiger charge is 2.26. The first kappa shape index (κ1) is 14.1. The van der Waals surface area contributed by atoms with Crippen LogP contribution >= 0.6 is 0 Å². The molecule has 100 valence electrons. The van der Waals surface area contributed by atoms with Crippen LogP contribution in [0.5, 0.6) is 0 Å². The zero-order chi connectivity index (χ0) is 13.7. The second kappa shape index (κ2) is 6.12. The Morgan fingerprint density at radius 3 is 2.78 bits per heavy atom. The molecule has 0 radical (unpaired) electrons. The van der Waals surface area contributed by atoms with Gasteiger partial charge in [-0.25, -0.2) is 9.78 Å². The number of carboxylic acid groups (broad SMARTS) is 1. The molecule has 8 heteroatoms. The molecule has 1 heterocycles. The van der Waals surface area contributed by atoms with Crippen LogP contribution in [0.1, 0.15) is 17.4 Å². The molecule has 2 atom stereocenters. The average molecular weight is 256 g/mol. The number of aliphatic hydroxyl groups is 1. The molecule has 0 aliphatic rings. The first-order valence-electron chi connectivity index (χ1n) is 5.39. The van der Waals surface area contributed by atoms with Gasteiger partial charge in [0.25, 0.3) is 5.91 Å². The second-order valence-corrected chi connectivity index (χ2v) is 3.82. The monoisotopic (exact) mass is 256 g/mol. The Morgan fingerprint density at radius 1 is 1.61 bits per heavy atom. The summed E-state index contributed by atoms with van der Waals surface area (Å²) in [5.74, 6) is -1.96. The van der Waals surface area contributed by atoms with E-state index in [2.05, 4.69) is 10.3 Å². The Labute approximate surface area is 103 Å². The van der Waals surface area contributed by atoms with Crippen LogP contribution in [0.15, 0.2) is 12.5 Å². The molecule has 5 N–H and O–H groups in total. The summed E-state index contributed by atoms with van der Waals surface area (Å²) < 4.78 is 1.62. The molecule has 0 aromatic carbocycles. The fourth-order valence-electron chi connectivity index (χ4n) is 1.35. The number of carbonyl (C=O) groups is 2. The maximum absolute atomic E-state index is 11.7. The number of nitrogens with two attached hydrogens (primary N) is 1. The molecule has 0 saturated heterocycles. The van der Waals surface area contributed by atoms with Gasteiger partial charge in [-0.3, -0.25) is 4.79 Å². The van der Waals surface area contributed by atoms with Crippen molar-refractivity contribution < 1.29 is 19.8 Å². The number of hydrogen-bond donors (Lipinski definition) is 4. The quantitative estimate of drug-likeness (QED) is 0.485. The van der Waals surface area contributed by atoms with E-state index < -0.39 is 24.0 Å². The second-order valence-electron chi connectivity index (χ2n) is 3.82. The van der Waals surface area contributed by atoms with Crippen molar-refractivity contribution in [2.24, 2.45) is 5.73 Å². The Morgan fingerprint density at radius 2 is 2.28 bits per heavy atom. The number of nitrogens with zero attached hydrogens (tertiary/aromatic N) is 2. The molecule has 0 aliphatic heterocycles. The molecular weight excluding hydrogens is 240 g/mol. The van der Waals surface area contributed by atoms with E-state index in [0.717, 1.165) is 0 Å². The highest BCUT2D eigenvalue weighted by atomic mass is 16.4. The molecule has 0 aliphatic carbocycles. The molecule has 1 amide bonds. The third kappa shape index (κ3) is 3.54. The van der Waals surface area contributed by atoms with Crippen molar-refractivity contribution >= 4 is 11.9 Å². The van der Waals surface area contributed by atoms with E-state index in [1.807, 2.05) is 0 Å². The van der Waals surface area contributed by atoms with Gasteiger partial charge in [-0.05, 0) is 6.92 Å². The molecular formula is C10H16N4O4. The van der Waals surface area contributed by atoms with E-state index in [1.54, 1.807) is 4.57 Å². The summed E-state index contributed by atoms with van der Waals surface area (Å²) in [6, 6.07) is -1.36. The van der Waals surface area contributed by atoms with Gasteiger partial charge in [0.05, 0.1) is 12.4 Å². The molecule has 0 bridgehead atoms. The third-order valence-corrected chi connectivity index (χ3v) is 2.29. The molecule has 2 unspecified atom stereocenters. The highest BCUT2D eigenvalue weighted by Crippen LogP contribution is 1.99. The summed E-state index contributed by atoms with van der Waals surface area (Å²) in [7, 11) is 0. The van der Waals surface area contributed by atoms with Gasteiger partial charge in [-0.1, -0.05) is 0 Å². The molecule has 18 heavy (non-hydrogen) atoms. The standard InChI is InChI=1S/C10H16N4O4/c1-6(15)8(10(17)18)13-9(16)7-4-14(3-2-11)5-12-7/h4-6,8,15H,2-3,11H2,1H3,(H,13,16)(H,17,18). The molecule has 0 saturated carbocycles. The maximum Gasteiger partial charge on any atom is 0.328 e. The Hall–Kier alpha value is -1.93. The summed E-state index contributed by atoms with van der Waals surface area (Å²) in [4.78, 5) is 26.3. The fourth-order valence-corrected chi connectivity index (χ4v) is 1.35. The minimum absolute atomic E-state index is 0.0790. The minimum Gasteiger partial charge on any atom is -0.480 e. The van der Waals surface area contributed by atoms with Crippen molar-refractivity contribution in [3.8, 4) is 0 Å². The molecule has 8 nitrogen and oxygen atoms in total. The summed E-state index contributed by atoms with van der Waals surface area (Å²) in [6.07, 6.45) is 1.70. The van der Waals surface area contributed by atoms with Gasteiger partial charge in [-0.2, -0.15) is 0 Å². The zero-order valence-corrected chi connectivity index (χ0v) is 9.91. The lowest BCUT2D eigenvalue weighted by molar-refractivity contribution is -0.141. The van der Waals surface area contributed by atoms with Gasteiger partial charge >= 0.3 is 5.97 Å². The third-order valence-electron chi connectivity index (χ3n) is 2.29. The van der Waals surface area contributed by atoms with Gasteiger partial charge < -0.3 is 25.8 Å². The van der Waals surface area contributed by atoms with Crippen LogP contribution in [0.2, 0.25) is 0 Å². The maximum atomic E-state index is 11.7. The van der Waals surface area contributed by atoms with Crippen molar-refractivity contribution in [1.82, 2.24) is 14.9 Å². The van der Waals surface area contributed by atoms with Gasteiger partial charge in [0, 0.05) is 19.3 Å². The lowest BCUT2D eigenvalue weighted by Gasteiger charge is -2.16. The van der Waals surface area contributed by atoms with E-state index in [0.29, 0.717) is 13.1 Å². The van der Waals surface area contributed by atoms with Crippen LogP contribution in [0, 0.1) is 0 Å². The Bertz CT molecular complexity index is 429. The first-order valence-corrected chi connectivity index (χ1v) is 5.39. The smallest absolute Gasteiger partial charge is 0.328 e. The van der Waals surface area contributed by atoms with E-state index in [4.69, 9.17) is 10.8 Å². The SMILES string of the molecule is CC(O)C(NC(=O)c1cn(CCN)cn1)C(=O)O. The number of hydrogen-bond acceptors (Lipinski definition) is 5. The van der Waals surface area contributed by atoms with Crippen LogP contribution in [0.4, 0.5) is 0 Å². The van der Waals surface area contributed by atoms with E-state index in [1.165, 1.54) is 19.4 Å².